The van der Waals surface area contributed by atoms with Gasteiger partial charge in [-0.15, -0.1) is 0 Å². The minimum atomic E-state index is -1.11. The van der Waals surface area contributed by atoms with E-state index in [9.17, 15) is 14.7 Å². The first-order valence-electron chi connectivity index (χ1n) is 8.67. The van der Waals surface area contributed by atoms with Crippen LogP contribution in [-0.4, -0.2) is 50.9 Å². The SMILES string of the molecule is COc1cc(C(=O)NC(CO)C(=O)NCc2cccc(I)c2)cc(OC)c1OC. The van der Waals surface area contributed by atoms with Gasteiger partial charge in [-0.3, -0.25) is 9.59 Å². The minimum absolute atomic E-state index is 0.198. The zero-order chi connectivity index (χ0) is 21.4. The topological polar surface area (TPSA) is 106 Å². The molecule has 8 nitrogen and oxygen atoms in total. The maximum atomic E-state index is 12.6. The number of carbonyl (C=O) groups is 2. The lowest BCUT2D eigenvalue weighted by atomic mass is 10.1. The summed E-state index contributed by atoms with van der Waals surface area (Å²) in [5.41, 5.74) is 1.11. The summed E-state index contributed by atoms with van der Waals surface area (Å²) in [4.78, 5) is 25.0. The molecule has 2 amide bonds. The zero-order valence-corrected chi connectivity index (χ0v) is 18.5. The van der Waals surface area contributed by atoms with E-state index in [2.05, 4.69) is 33.2 Å². The van der Waals surface area contributed by atoms with E-state index < -0.39 is 24.5 Å². The van der Waals surface area contributed by atoms with Crippen LogP contribution >= 0.6 is 22.6 Å². The number of methoxy groups -OCH3 is 3. The lowest BCUT2D eigenvalue weighted by Gasteiger charge is -2.18. The van der Waals surface area contributed by atoms with Gasteiger partial charge in [0.15, 0.2) is 11.5 Å². The molecule has 2 rings (SSSR count). The van der Waals surface area contributed by atoms with Crippen molar-refractivity contribution in [3.05, 3.63) is 51.1 Å². The van der Waals surface area contributed by atoms with Crippen molar-refractivity contribution in [2.75, 3.05) is 27.9 Å². The Hall–Kier alpha value is -2.53. The van der Waals surface area contributed by atoms with E-state index in [1.54, 1.807) is 0 Å². The maximum absolute atomic E-state index is 12.6. The van der Waals surface area contributed by atoms with E-state index in [1.807, 2.05) is 24.3 Å². The summed E-state index contributed by atoms with van der Waals surface area (Å²) in [6, 6.07) is 9.47. The monoisotopic (exact) mass is 514 g/mol. The van der Waals surface area contributed by atoms with Crippen LogP contribution in [0.4, 0.5) is 0 Å². The molecule has 0 aliphatic carbocycles. The highest BCUT2D eigenvalue weighted by Gasteiger charge is 2.23. The molecule has 0 aliphatic heterocycles. The van der Waals surface area contributed by atoms with E-state index in [1.165, 1.54) is 33.5 Å². The van der Waals surface area contributed by atoms with Crippen LogP contribution in [0.25, 0.3) is 0 Å². The van der Waals surface area contributed by atoms with Gasteiger partial charge in [0.25, 0.3) is 5.91 Å². The molecular formula is C20H23IN2O6. The van der Waals surface area contributed by atoms with Crippen molar-refractivity contribution in [1.82, 2.24) is 10.6 Å². The highest BCUT2D eigenvalue weighted by molar-refractivity contribution is 14.1. The lowest BCUT2D eigenvalue weighted by molar-refractivity contribution is -0.124. The summed E-state index contributed by atoms with van der Waals surface area (Å²) in [5.74, 6) is -0.0956. The lowest BCUT2D eigenvalue weighted by Crippen LogP contribution is -2.48. The van der Waals surface area contributed by atoms with Gasteiger partial charge in [-0.25, -0.2) is 0 Å². The molecule has 1 unspecified atom stereocenters. The van der Waals surface area contributed by atoms with Crippen LogP contribution in [0.5, 0.6) is 17.2 Å². The Morgan fingerprint density at radius 1 is 1.07 bits per heavy atom. The molecule has 0 bridgehead atoms. The van der Waals surface area contributed by atoms with Crippen molar-refractivity contribution in [2.24, 2.45) is 0 Å². The summed E-state index contributed by atoms with van der Waals surface area (Å²) >= 11 is 2.18. The second-order valence-electron chi connectivity index (χ2n) is 5.97. The van der Waals surface area contributed by atoms with Crippen molar-refractivity contribution in [3.8, 4) is 17.2 Å². The highest BCUT2D eigenvalue weighted by Crippen LogP contribution is 2.38. The Bertz CT molecular complexity index is 849. The first kappa shape index (κ1) is 22.8. The van der Waals surface area contributed by atoms with E-state index >= 15 is 0 Å². The van der Waals surface area contributed by atoms with Crippen LogP contribution in [0.2, 0.25) is 0 Å². The molecule has 0 saturated carbocycles. The molecule has 0 fully saturated rings. The molecule has 1 atom stereocenters. The standard InChI is InChI=1S/C20H23IN2O6/c1-27-16-8-13(9-17(28-2)18(16)29-3)19(25)23-15(11-24)20(26)22-10-12-5-4-6-14(21)7-12/h4-9,15,24H,10-11H2,1-3H3,(H,22,26)(H,23,25). The predicted molar refractivity (Wildman–Crippen MR) is 115 cm³/mol. The highest BCUT2D eigenvalue weighted by atomic mass is 127. The van der Waals surface area contributed by atoms with Crippen LogP contribution in [-0.2, 0) is 11.3 Å². The number of carbonyl (C=O) groups excluding carboxylic acids is 2. The smallest absolute Gasteiger partial charge is 0.252 e. The molecule has 0 spiro atoms. The quantitative estimate of drug-likeness (QED) is 0.441. The molecule has 2 aromatic rings. The predicted octanol–water partition coefficient (Wildman–Crippen LogP) is 1.72. The van der Waals surface area contributed by atoms with Crippen LogP contribution in [0, 0.1) is 3.57 Å². The van der Waals surface area contributed by atoms with Gasteiger partial charge in [-0.2, -0.15) is 0 Å². The molecule has 0 aliphatic rings. The first-order valence-corrected chi connectivity index (χ1v) is 9.75. The Morgan fingerprint density at radius 3 is 2.24 bits per heavy atom. The van der Waals surface area contributed by atoms with Gasteiger partial charge in [-0.05, 0) is 52.4 Å². The van der Waals surface area contributed by atoms with E-state index in [0.29, 0.717) is 17.2 Å². The number of aliphatic hydroxyl groups excluding tert-OH is 1. The van der Waals surface area contributed by atoms with Gasteiger partial charge in [0.1, 0.15) is 6.04 Å². The molecule has 0 radical (unpaired) electrons. The summed E-state index contributed by atoms with van der Waals surface area (Å²) < 4.78 is 16.7. The summed E-state index contributed by atoms with van der Waals surface area (Å²) in [5, 5.41) is 14.8. The second kappa shape index (κ2) is 10.9. The van der Waals surface area contributed by atoms with Crippen LogP contribution < -0.4 is 24.8 Å². The average molecular weight is 514 g/mol. The largest absolute Gasteiger partial charge is 0.493 e. The molecule has 9 heteroatoms. The molecule has 3 N–H and O–H groups in total. The molecule has 0 aromatic heterocycles. The van der Waals surface area contributed by atoms with E-state index in [0.717, 1.165) is 9.13 Å². The molecule has 0 saturated heterocycles. The molecule has 0 heterocycles. The number of ether oxygens (including phenoxy) is 3. The number of rotatable bonds is 9. The Balaban J connectivity index is 2.09. The minimum Gasteiger partial charge on any atom is -0.493 e. The van der Waals surface area contributed by atoms with Crippen LogP contribution in [0.15, 0.2) is 36.4 Å². The Kier molecular flexibility index (Phi) is 8.52. The zero-order valence-electron chi connectivity index (χ0n) is 16.3. The fourth-order valence-corrected chi connectivity index (χ4v) is 3.21. The number of hydrogen-bond acceptors (Lipinski definition) is 6. The summed E-state index contributed by atoms with van der Waals surface area (Å²) in [6.07, 6.45) is 0. The number of aliphatic hydroxyl groups is 1. The van der Waals surface area contributed by atoms with Crippen LogP contribution in [0.1, 0.15) is 15.9 Å². The number of nitrogens with one attached hydrogen (secondary N) is 2. The Labute approximate surface area is 182 Å². The fraction of sp³-hybridized carbons (Fsp3) is 0.300. The molecule has 2 aromatic carbocycles. The number of halogens is 1. The summed E-state index contributed by atoms with van der Waals surface area (Å²) in [7, 11) is 4.33. The van der Waals surface area contributed by atoms with Gasteiger partial charge in [0.05, 0.1) is 27.9 Å². The van der Waals surface area contributed by atoms with Gasteiger partial charge < -0.3 is 30.0 Å². The van der Waals surface area contributed by atoms with Gasteiger partial charge in [-0.1, -0.05) is 12.1 Å². The number of benzene rings is 2. The second-order valence-corrected chi connectivity index (χ2v) is 7.22. The number of amides is 2. The molecular weight excluding hydrogens is 491 g/mol. The van der Waals surface area contributed by atoms with Crippen molar-refractivity contribution < 1.29 is 28.9 Å². The van der Waals surface area contributed by atoms with Crippen molar-refractivity contribution >= 4 is 34.4 Å². The maximum Gasteiger partial charge on any atom is 0.252 e. The third kappa shape index (κ3) is 5.97. The Morgan fingerprint density at radius 2 is 1.72 bits per heavy atom. The fourth-order valence-electron chi connectivity index (χ4n) is 2.61. The van der Waals surface area contributed by atoms with Gasteiger partial charge in [0.2, 0.25) is 11.7 Å². The molecule has 156 valence electrons. The van der Waals surface area contributed by atoms with E-state index in [-0.39, 0.29) is 12.1 Å². The van der Waals surface area contributed by atoms with Gasteiger partial charge >= 0.3 is 0 Å². The van der Waals surface area contributed by atoms with Crippen molar-refractivity contribution in [2.45, 2.75) is 12.6 Å². The first-order chi connectivity index (χ1) is 13.9. The van der Waals surface area contributed by atoms with E-state index in [4.69, 9.17) is 14.2 Å². The average Bonchev–Trinajstić information content (AvgIpc) is 2.74. The van der Waals surface area contributed by atoms with Crippen LogP contribution in [0.3, 0.4) is 0 Å². The summed E-state index contributed by atoms with van der Waals surface area (Å²) in [6.45, 7) is -0.263. The number of hydrogen-bond donors (Lipinski definition) is 3. The van der Waals surface area contributed by atoms with Gasteiger partial charge in [0, 0.05) is 15.7 Å². The molecule has 29 heavy (non-hydrogen) atoms. The normalized spacial score (nSPS) is 11.3. The van der Waals surface area contributed by atoms with Crippen molar-refractivity contribution in [3.63, 3.8) is 0 Å². The van der Waals surface area contributed by atoms with Crippen molar-refractivity contribution in [1.29, 1.82) is 0 Å². The third-order valence-electron chi connectivity index (χ3n) is 4.09. The third-order valence-corrected chi connectivity index (χ3v) is 4.76.